The first kappa shape index (κ1) is 16.1. The van der Waals surface area contributed by atoms with E-state index in [0.29, 0.717) is 0 Å². The number of aryl methyl sites for hydroxylation is 1. The molecule has 0 fully saturated rings. The second kappa shape index (κ2) is 7.14. The zero-order valence-electron chi connectivity index (χ0n) is 11.5. The van der Waals surface area contributed by atoms with E-state index in [0.717, 1.165) is 5.56 Å². The zero-order chi connectivity index (χ0) is 15.3. The lowest BCUT2D eigenvalue weighted by molar-refractivity contribution is 0.0311. The third kappa shape index (κ3) is 4.35. The van der Waals surface area contributed by atoms with Gasteiger partial charge in [0.15, 0.2) is 0 Å². The van der Waals surface area contributed by atoms with Gasteiger partial charge in [-0.15, -0.1) is 0 Å². The molecule has 0 amide bonds. The summed E-state index contributed by atoms with van der Waals surface area (Å²) in [7, 11) is -1.97. The highest BCUT2D eigenvalue weighted by atomic mass is 32.2. The second-order valence-corrected chi connectivity index (χ2v) is 6.89. The summed E-state index contributed by atoms with van der Waals surface area (Å²) < 4.78 is 33.7. The maximum Gasteiger partial charge on any atom is 0.243 e. The van der Waals surface area contributed by atoms with Gasteiger partial charge in [0.2, 0.25) is 10.0 Å². The number of aromatic nitrogens is 2. The Bertz CT molecular complexity index is 652. The lowest BCUT2D eigenvalue weighted by Crippen LogP contribution is -2.29. The smallest absolute Gasteiger partial charge is 0.243 e. The molecule has 21 heavy (non-hydrogen) atoms. The molecule has 2 heterocycles. The molecule has 7 nitrogen and oxygen atoms in total. The van der Waals surface area contributed by atoms with E-state index in [4.69, 9.17) is 9.84 Å². The van der Waals surface area contributed by atoms with Crippen molar-refractivity contribution in [2.75, 3.05) is 19.8 Å². The molecule has 116 valence electrons. The minimum absolute atomic E-state index is 0.0912. The Balaban J connectivity index is 2.04. The SMILES string of the molecule is Cn1cc(S(=O)(=O)NC[C@@H](OCCO)c2ccsc2)cn1. The van der Waals surface area contributed by atoms with Crippen molar-refractivity contribution in [1.82, 2.24) is 14.5 Å². The van der Waals surface area contributed by atoms with E-state index < -0.39 is 16.1 Å². The number of sulfonamides is 1. The molecule has 2 aromatic rings. The minimum Gasteiger partial charge on any atom is -0.394 e. The van der Waals surface area contributed by atoms with E-state index in [2.05, 4.69) is 9.82 Å². The van der Waals surface area contributed by atoms with E-state index in [1.165, 1.54) is 28.4 Å². The highest BCUT2D eigenvalue weighted by Gasteiger charge is 2.20. The molecule has 2 aromatic heterocycles. The Kier molecular flexibility index (Phi) is 5.48. The molecule has 0 bridgehead atoms. The largest absolute Gasteiger partial charge is 0.394 e. The molecule has 0 unspecified atom stereocenters. The van der Waals surface area contributed by atoms with Crippen LogP contribution in [-0.4, -0.2) is 43.1 Å². The topological polar surface area (TPSA) is 93.5 Å². The molecular formula is C12H17N3O4S2. The summed E-state index contributed by atoms with van der Waals surface area (Å²) in [6, 6.07) is 1.87. The fourth-order valence-corrected chi connectivity index (χ4v) is 3.45. The van der Waals surface area contributed by atoms with Gasteiger partial charge in [-0.2, -0.15) is 16.4 Å². The Morgan fingerprint density at radius 2 is 2.38 bits per heavy atom. The molecule has 0 radical (unpaired) electrons. The second-order valence-electron chi connectivity index (χ2n) is 4.34. The number of aliphatic hydroxyl groups is 1. The molecule has 0 aliphatic rings. The highest BCUT2D eigenvalue weighted by Crippen LogP contribution is 2.20. The lowest BCUT2D eigenvalue weighted by Gasteiger charge is -2.17. The number of hydrogen-bond acceptors (Lipinski definition) is 6. The predicted molar refractivity (Wildman–Crippen MR) is 78.5 cm³/mol. The maximum absolute atomic E-state index is 12.1. The van der Waals surface area contributed by atoms with Gasteiger partial charge in [-0.1, -0.05) is 0 Å². The number of nitrogens with zero attached hydrogens (tertiary/aromatic N) is 2. The van der Waals surface area contributed by atoms with Crippen LogP contribution in [0.4, 0.5) is 0 Å². The molecule has 0 aromatic carbocycles. The fraction of sp³-hybridized carbons (Fsp3) is 0.417. The van der Waals surface area contributed by atoms with Gasteiger partial charge in [-0.05, 0) is 22.4 Å². The van der Waals surface area contributed by atoms with Crippen LogP contribution in [0.15, 0.2) is 34.1 Å². The van der Waals surface area contributed by atoms with E-state index >= 15 is 0 Å². The summed E-state index contributed by atoms with van der Waals surface area (Å²) in [5.74, 6) is 0. The van der Waals surface area contributed by atoms with E-state index in [1.54, 1.807) is 7.05 Å². The first-order valence-corrected chi connectivity index (χ1v) is 8.68. The third-order valence-corrected chi connectivity index (χ3v) is 4.86. The van der Waals surface area contributed by atoms with Crippen molar-refractivity contribution >= 4 is 21.4 Å². The van der Waals surface area contributed by atoms with Crippen LogP contribution in [0.1, 0.15) is 11.7 Å². The summed E-state index contributed by atoms with van der Waals surface area (Å²) in [6.45, 7) is 0.124. The van der Waals surface area contributed by atoms with Crippen LogP contribution in [0.2, 0.25) is 0 Å². The molecule has 0 aliphatic carbocycles. The van der Waals surface area contributed by atoms with Crippen LogP contribution in [0.3, 0.4) is 0 Å². The molecule has 1 atom stereocenters. The predicted octanol–water partition coefficient (Wildman–Crippen LogP) is 0.510. The molecule has 2 rings (SSSR count). The molecule has 0 spiro atoms. The quantitative estimate of drug-likeness (QED) is 0.735. The van der Waals surface area contributed by atoms with Gasteiger partial charge >= 0.3 is 0 Å². The average Bonchev–Trinajstić information content (AvgIpc) is 3.10. The first-order chi connectivity index (χ1) is 10.0. The van der Waals surface area contributed by atoms with Crippen LogP contribution >= 0.6 is 11.3 Å². The van der Waals surface area contributed by atoms with Gasteiger partial charge < -0.3 is 9.84 Å². The number of nitrogens with one attached hydrogen (secondary N) is 1. The standard InChI is InChI=1S/C12H17N3O4S2/c1-15-8-11(6-13-15)21(17,18)14-7-12(19-4-3-16)10-2-5-20-9-10/h2,5-6,8-9,12,14,16H,3-4,7H2,1H3/t12-/m1/s1. The Morgan fingerprint density at radius 1 is 1.57 bits per heavy atom. The molecular weight excluding hydrogens is 314 g/mol. The number of ether oxygens (including phenoxy) is 1. The van der Waals surface area contributed by atoms with Crippen molar-refractivity contribution in [3.63, 3.8) is 0 Å². The molecule has 0 aliphatic heterocycles. The minimum atomic E-state index is -3.62. The van der Waals surface area contributed by atoms with Crippen molar-refractivity contribution in [3.8, 4) is 0 Å². The van der Waals surface area contributed by atoms with Gasteiger partial charge in [-0.25, -0.2) is 13.1 Å². The Hall–Kier alpha value is -1.26. The van der Waals surface area contributed by atoms with Crippen LogP contribution in [-0.2, 0) is 21.8 Å². The summed E-state index contributed by atoms with van der Waals surface area (Å²) in [5.41, 5.74) is 0.877. The van der Waals surface area contributed by atoms with E-state index in [1.807, 2.05) is 16.8 Å². The number of thiophene rings is 1. The number of rotatable bonds is 8. The zero-order valence-corrected chi connectivity index (χ0v) is 13.1. The normalized spacial score (nSPS) is 13.4. The van der Waals surface area contributed by atoms with Crippen molar-refractivity contribution in [1.29, 1.82) is 0 Å². The van der Waals surface area contributed by atoms with E-state index in [-0.39, 0.29) is 24.7 Å². The summed E-state index contributed by atoms with van der Waals surface area (Å²) in [6.07, 6.45) is 2.28. The monoisotopic (exact) mass is 331 g/mol. The van der Waals surface area contributed by atoms with Crippen molar-refractivity contribution < 1.29 is 18.3 Å². The average molecular weight is 331 g/mol. The Morgan fingerprint density at radius 3 is 2.95 bits per heavy atom. The van der Waals surface area contributed by atoms with Crippen LogP contribution in [0.25, 0.3) is 0 Å². The molecule has 9 heteroatoms. The lowest BCUT2D eigenvalue weighted by atomic mass is 10.2. The van der Waals surface area contributed by atoms with Gasteiger partial charge in [0, 0.05) is 19.8 Å². The fourth-order valence-electron chi connectivity index (χ4n) is 1.73. The Labute approximate surface area is 127 Å². The van der Waals surface area contributed by atoms with Gasteiger partial charge in [0.25, 0.3) is 0 Å². The maximum atomic E-state index is 12.1. The van der Waals surface area contributed by atoms with Crippen molar-refractivity contribution in [2.24, 2.45) is 7.05 Å². The van der Waals surface area contributed by atoms with E-state index in [9.17, 15) is 8.42 Å². The van der Waals surface area contributed by atoms with Crippen molar-refractivity contribution in [3.05, 3.63) is 34.8 Å². The summed E-state index contributed by atoms with van der Waals surface area (Å²) in [5, 5.41) is 16.5. The van der Waals surface area contributed by atoms with Crippen molar-refractivity contribution in [2.45, 2.75) is 11.0 Å². The summed E-state index contributed by atoms with van der Waals surface area (Å²) >= 11 is 1.50. The highest BCUT2D eigenvalue weighted by molar-refractivity contribution is 7.89. The summed E-state index contributed by atoms with van der Waals surface area (Å²) in [4.78, 5) is 0.108. The first-order valence-electron chi connectivity index (χ1n) is 6.26. The van der Waals surface area contributed by atoms with Gasteiger partial charge in [-0.3, -0.25) is 4.68 Å². The van der Waals surface area contributed by atoms with Gasteiger partial charge in [0.05, 0.1) is 25.5 Å². The molecule has 0 saturated heterocycles. The molecule has 2 N–H and O–H groups in total. The van der Waals surface area contributed by atoms with Crippen LogP contribution in [0.5, 0.6) is 0 Å². The van der Waals surface area contributed by atoms with Gasteiger partial charge in [0.1, 0.15) is 4.90 Å². The number of hydrogen-bond donors (Lipinski definition) is 2. The molecule has 0 saturated carbocycles. The van der Waals surface area contributed by atoms with Crippen LogP contribution < -0.4 is 4.72 Å². The number of aliphatic hydroxyl groups excluding tert-OH is 1. The van der Waals surface area contributed by atoms with Crippen LogP contribution in [0, 0.1) is 0 Å². The third-order valence-electron chi connectivity index (χ3n) is 2.78.